The summed E-state index contributed by atoms with van der Waals surface area (Å²) in [7, 11) is -3.33. The molecule has 39 heavy (non-hydrogen) atoms. The van der Waals surface area contributed by atoms with Gasteiger partial charge in [-0.3, -0.25) is 19.1 Å². The van der Waals surface area contributed by atoms with Crippen LogP contribution in [0.1, 0.15) is 18.2 Å². The summed E-state index contributed by atoms with van der Waals surface area (Å²) in [4.78, 5) is 15.7. The fraction of sp³-hybridized carbons (Fsp3) is 0.185. The Morgan fingerprint density at radius 3 is 2.31 bits per heavy atom. The van der Waals surface area contributed by atoms with Crippen molar-refractivity contribution in [1.29, 1.82) is 0 Å². The number of H-pyrrole nitrogens is 2. The molecule has 0 atom stereocenters. The molecule has 5 rings (SSSR count). The van der Waals surface area contributed by atoms with Crippen molar-refractivity contribution in [3.8, 4) is 11.5 Å². The van der Waals surface area contributed by atoms with Crippen LogP contribution in [0.25, 0.3) is 21.8 Å². The fourth-order valence-electron chi connectivity index (χ4n) is 3.71. The molecule has 0 radical (unpaired) electrons. The van der Waals surface area contributed by atoms with Gasteiger partial charge in [0.05, 0.1) is 24.6 Å². The molecule has 0 amide bonds. The van der Waals surface area contributed by atoms with E-state index in [2.05, 4.69) is 28.3 Å². The highest BCUT2D eigenvalue weighted by atomic mass is 32.3. The number of hydrogen-bond donors (Lipinski definition) is 3. The molecule has 0 aliphatic heterocycles. The number of aliphatic hydroxyl groups is 1. The number of nitrogens with zero attached hydrogens (tertiary/aromatic N) is 1. The number of pyridine rings is 1. The molecule has 11 nitrogen and oxygen atoms in total. The topological polar surface area (TPSA) is 168 Å². The number of fused-ring (bicyclic) bond motifs is 2. The van der Waals surface area contributed by atoms with Crippen molar-refractivity contribution < 1.29 is 37.1 Å². The smallest absolute Gasteiger partial charge is 0.272 e. The van der Waals surface area contributed by atoms with E-state index in [4.69, 9.17) is 32.1 Å². The number of nitrogens with one attached hydrogen (secondary N) is 2. The lowest BCUT2D eigenvalue weighted by Gasteiger charge is -2.08. The molecule has 0 aliphatic carbocycles. The zero-order valence-electron chi connectivity index (χ0n) is 21.3. The molecule has 2 aromatic heterocycles. The lowest BCUT2D eigenvalue weighted by molar-refractivity contribution is -0.362. The number of aromatic nitrogens is 3. The Morgan fingerprint density at radius 1 is 1.00 bits per heavy atom. The third-order valence-electron chi connectivity index (χ3n) is 5.35. The predicted octanol–water partition coefficient (Wildman–Crippen LogP) is 2.94. The number of methoxy groups -OCH3 is 1. The largest absolute Gasteiger partial charge is 0.726 e. The first-order valence-corrected chi connectivity index (χ1v) is 13.1. The van der Waals surface area contributed by atoms with Gasteiger partial charge in [-0.05, 0) is 55.0 Å². The summed E-state index contributed by atoms with van der Waals surface area (Å²) < 4.78 is 45.8. The molecular weight excluding hydrogens is 526 g/mol. The number of aromatic amines is 2. The molecule has 2 heterocycles. The highest BCUT2D eigenvalue weighted by Crippen LogP contribution is 2.20. The highest BCUT2D eigenvalue weighted by Gasteiger charge is 2.09. The van der Waals surface area contributed by atoms with Gasteiger partial charge in [0.1, 0.15) is 11.5 Å². The normalized spacial score (nSPS) is 10.8. The summed E-state index contributed by atoms with van der Waals surface area (Å²) in [6.45, 7) is 2.95. The average Bonchev–Trinajstić information content (AvgIpc) is 3.21. The van der Waals surface area contributed by atoms with Crippen molar-refractivity contribution >= 4 is 32.2 Å². The van der Waals surface area contributed by atoms with Crippen LogP contribution in [0.4, 0.5) is 0 Å². The summed E-state index contributed by atoms with van der Waals surface area (Å²) >= 11 is 0. The minimum atomic E-state index is -4.92. The maximum atomic E-state index is 12.3. The van der Waals surface area contributed by atoms with Crippen molar-refractivity contribution in [2.24, 2.45) is 0 Å². The van der Waals surface area contributed by atoms with E-state index < -0.39 is 10.4 Å². The van der Waals surface area contributed by atoms with Crippen molar-refractivity contribution in [2.45, 2.75) is 20.1 Å². The number of para-hydroxylation sites is 1. The van der Waals surface area contributed by atoms with Gasteiger partial charge in [-0.15, -0.1) is 0 Å². The number of hydrogen-bond acceptors (Lipinski definition) is 7. The summed E-state index contributed by atoms with van der Waals surface area (Å²) in [6.07, 6.45) is 0. The standard InChI is InChI=1S/C25H21N3O3.C2H6O.H2O4S/c1-30-21-12-13-24-22(14-21)25(29)27-28(24)15-17-6-10-20(11-7-17)31-16-19-9-8-18-4-2-3-5-23(18)26-19;1-2-3;1-5(2,3)4/h2-14H,15-16H2,1H3,(H,27,29);3H,2H2,1H3;(H2,1,2,3,4). The molecule has 12 heteroatoms. The van der Waals surface area contributed by atoms with Gasteiger partial charge in [-0.1, -0.05) is 24.3 Å². The molecule has 5 aromatic rings. The predicted molar refractivity (Wildman–Crippen MR) is 145 cm³/mol. The van der Waals surface area contributed by atoms with Gasteiger partial charge in [0.2, 0.25) is 21.6 Å². The van der Waals surface area contributed by atoms with Gasteiger partial charge in [0.25, 0.3) is 5.56 Å². The van der Waals surface area contributed by atoms with Crippen LogP contribution in [-0.4, -0.2) is 46.1 Å². The molecule has 0 saturated carbocycles. The van der Waals surface area contributed by atoms with Crippen LogP contribution in [0.2, 0.25) is 0 Å². The van der Waals surface area contributed by atoms with E-state index in [0.717, 1.165) is 28.0 Å². The Labute approximate surface area is 224 Å². The van der Waals surface area contributed by atoms with E-state index >= 15 is 0 Å². The zero-order chi connectivity index (χ0) is 28.4. The SMILES string of the molecule is CCO.COc1ccc2c(c1)c(=O)[nH]n2Cc1ccc(OCc2ccc3ccccc3[nH+]2)cc1.O=S(=O)([O-])O. The van der Waals surface area contributed by atoms with E-state index in [1.54, 1.807) is 20.1 Å². The van der Waals surface area contributed by atoms with Crippen molar-refractivity contribution in [3.05, 3.63) is 100 Å². The lowest BCUT2D eigenvalue weighted by Crippen LogP contribution is -2.14. The van der Waals surface area contributed by atoms with Crippen molar-refractivity contribution in [1.82, 2.24) is 9.78 Å². The fourth-order valence-corrected chi connectivity index (χ4v) is 3.71. The van der Waals surface area contributed by atoms with E-state index in [1.807, 2.05) is 59.3 Å². The Bertz CT molecular complexity index is 1670. The van der Waals surface area contributed by atoms with Crippen LogP contribution in [0, 0.1) is 0 Å². The Balaban J connectivity index is 0.000000466. The maximum Gasteiger partial charge on any atom is 0.272 e. The molecule has 4 N–H and O–H groups in total. The molecular formula is C27H29N3O8S. The molecule has 0 fully saturated rings. The van der Waals surface area contributed by atoms with E-state index in [9.17, 15) is 4.79 Å². The van der Waals surface area contributed by atoms with Gasteiger partial charge in [0, 0.05) is 24.1 Å². The molecule has 0 aliphatic rings. The average molecular weight is 556 g/mol. The van der Waals surface area contributed by atoms with Gasteiger partial charge in [-0.25, -0.2) is 13.4 Å². The molecule has 0 bridgehead atoms. The summed E-state index contributed by atoms with van der Waals surface area (Å²) in [6, 6.07) is 25.7. The number of rotatable bonds is 6. The summed E-state index contributed by atoms with van der Waals surface area (Å²) in [5.74, 6) is 1.46. The monoisotopic (exact) mass is 555 g/mol. The van der Waals surface area contributed by atoms with Crippen LogP contribution in [0.15, 0.2) is 83.7 Å². The third-order valence-corrected chi connectivity index (χ3v) is 5.35. The molecule has 0 unspecified atom stereocenters. The van der Waals surface area contributed by atoms with Crippen LogP contribution in [0.3, 0.4) is 0 Å². The van der Waals surface area contributed by atoms with Crippen molar-refractivity contribution in [3.63, 3.8) is 0 Å². The van der Waals surface area contributed by atoms with Crippen LogP contribution < -0.4 is 20.0 Å². The minimum absolute atomic E-state index is 0.125. The minimum Gasteiger partial charge on any atom is -0.726 e. The van der Waals surface area contributed by atoms with Crippen molar-refractivity contribution in [2.75, 3.05) is 13.7 Å². The second-order valence-electron chi connectivity index (χ2n) is 8.16. The van der Waals surface area contributed by atoms with Gasteiger partial charge < -0.3 is 19.1 Å². The molecule has 0 spiro atoms. The van der Waals surface area contributed by atoms with Crippen LogP contribution in [0.5, 0.6) is 11.5 Å². The van der Waals surface area contributed by atoms with Crippen LogP contribution >= 0.6 is 0 Å². The first-order chi connectivity index (χ1) is 18.6. The molecule has 3 aromatic carbocycles. The van der Waals surface area contributed by atoms with Gasteiger partial charge in [0.15, 0.2) is 6.61 Å². The molecule has 0 saturated heterocycles. The Hall–Kier alpha value is -4.23. The lowest BCUT2D eigenvalue weighted by atomic mass is 10.2. The van der Waals surface area contributed by atoms with Gasteiger partial charge >= 0.3 is 0 Å². The molecule has 206 valence electrons. The maximum absolute atomic E-state index is 12.3. The first-order valence-electron chi connectivity index (χ1n) is 11.8. The Kier molecular flexibility index (Phi) is 10.2. The third kappa shape index (κ3) is 8.93. The van der Waals surface area contributed by atoms with E-state index in [-0.39, 0.29) is 12.2 Å². The summed E-state index contributed by atoms with van der Waals surface area (Å²) in [5, 5.41) is 12.3. The quantitative estimate of drug-likeness (QED) is 0.212. The summed E-state index contributed by atoms with van der Waals surface area (Å²) in [5.41, 5.74) is 3.88. The first kappa shape index (κ1) is 29.3. The number of aliphatic hydroxyl groups excluding tert-OH is 1. The van der Waals surface area contributed by atoms with E-state index in [1.165, 1.54) is 5.39 Å². The van der Waals surface area contributed by atoms with Gasteiger partial charge in [-0.2, -0.15) is 0 Å². The van der Waals surface area contributed by atoms with Crippen LogP contribution in [-0.2, 0) is 23.6 Å². The second-order valence-corrected chi connectivity index (χ2v) is 9.01. The zero-order valence-corrected chi connectivity index (χ0v) is 22.1. The van der Waals surface area contributed by atoms with E-state index in [0.29, 0.717) is 24.3 Å². The second kappa shape index (κ2) is 13.5. The number of ether oxygens (including phenoxy) is 2. The Morgan fingerprint density at radius 2 is 1.64 bits per heavy atom. The highest BCUT2D eigenvalue weighted by molar-refractivity contribution is 7.79. The number of benzene rings is 3.